The minimum Gasteiger partial charge on any atom is -0.354 e. The van der Waals surface area contributed by atoms with Crippen molar-refractivity contribution in [1.82, 2.24) is 10.2 Å². The Hall–Kier alpha value is -3.65. The van der Waals surface area contributed by atoms with E-state index in [9.17, 15) is 18.0 Å². The molecule has 1 atom stereocenters. The van der Waals surface area contributed by atoms with Crippen LogP contribution in [-0.4, -0.2) is 50.5 Å². The summed E-state index contributed by atoms with van der Waals surface area (Å²) in [7, 11) is -3.79. The molecule has 3 aromatic rings. The average Bonchev–Trinajstić information content (AvgIpc) is 2.90. The highest BCUT2D eigenvalue weighted by Crippen LogP contribution is 2.24. The Balaban J connectivity index is 2.03. The van der Waals surface area contributed by atoms with Gasteiger partial charge in [-0.2, -0.15) is 0 Å². The predicted molar refractivity (Wildman–Crippen MR) is 157 cm³/mol. The van der Waals surface area contributed by atoms with E-state index in [4.69, 9.17) is 0 Å². The largest absolute Gasteiger partial charge is 0.354 e. The van der Waals surface area contributed by atoms with Crippen LogP contribution >= 0.6 is 0 Å². The zero-order valence-electron chi connectivity index (χ0n) is 23.3. The fourth-order valence-corrected chi connectivity index (χ4v) is 5.43. The van der Waals surface area contributed by atoms with E-state index in [0.717, 1.165) is 45.7 Å². The zero-order valence-corrected chi connectivity index (χ0v) is 24.1. The van der Waals surface area contributed by atoms with Gasteiger partial charge in [0.2, 0.25) is 21.8 Å². The van der Waals surface area contributed by atoms with Crippen LogP contribution in [0.4, 0.5) is 5.69 Å². The summed E-state index contributed by atoms with van der Waals surface area (Å²) >= 11 is 0. The molecule has 1 N–H and O–H groups in total. The van der Waals surface area contributed by atoms with Crippen molar-refractivity contribution in [3.8, 4) is 0 Å². The summed E-state index contributed by atoms with van der Waals surface area (Å²) in [6, 6.07) is 23.6. The number of aryl methyl sites for hydroxylation is 2. The summed E-state index contributed by atoms with van der Waals surface area (Å²) in [6.07, 6.45) is 3.15. The van der Waals surface area contributed by atoms with Gasteiger partial charge in [0.05, 0.1) is 11.9 Å². The van der Waals surface area contributed by atoms with E-state index in [1.54, 1.807) is 6.07 Å². The van der Waals surface area contributed by atoms with Crippen LogP contribution in [0.5, 0.6) is 0 Å². The summed E-state index contributed by atoms with van der Waals surface area (Å²) in [5.74, 6) is -0.704. The fraction of sp³-hybridized carbons (Fsp3) is 0.355. The minimum atomic E-state index is -3.79. The maximum Gasteiger partial charge on any atom is 0.244 e. The Bertz CT molecular complexity index is 1340. The van der Waals surface area contributed by atoms with Gasteiger partial charge in [0.15, 0.2) is 0 Å². The van der Waals surface area contributed by atoms with Gasteiger partial charge in [-0.25, -0.2) is 8.42 Å². The molecule has 0 heterocycles. The molecule has 3 rings (SSSR count). The normalized spacial score (nSPS) is 12.0. The topological polar surface area (TPSA) is 86.8 Å². The van der Waals surface area contributed by atoms with E-state index >= 15 is 0 Å². The maximum absolute atomic E-state index is 14.1. The summed E-state index contributed by atoms with van der Waals surface area (Å²) in [5, 5.41) is 2.99. The SMILES string of the molecule is CCCCNC(=O)C(Cc1ccccc1)N(Cc1ccccc1)C(=O)CN(c1ccc(C)cc1C)S(C)(=O)=O. The van der Waals surface area contributed by atoms with E-state index in [0.29, 0.717) is 18.7 Å². The third-order valence-electron chi connectivity index (χ3n) is 6.60. The van der Waals surface area contributed by atoms with Gasteiger partial charge in [0.25, 0.3) is 0 Å². The second kappa shape index (κ2) is 13.9. The summed E-state index contributed by atoms with van der Waals surface area (Å²) < 4.78 is 27.0. The van der Waals surface area contributed by atoms with E-state index in [1.165, 1.54) is 4.90 Å². The molecule has 7 nitrogen and oxygen atoms in total. The highest BCUT2D eigenvalue weighted by molar-refractivity contribution is 7.92. The van der Waals surface area contributed by atoms with Gasteiger partial charge in [-0.05, 0) is 43.0 Å². The number of amides is 2. The first-order chi connectivity index (χ1) is 18.6. The number of benzene rings is 3. The van der Waals surface area contributed by atoms with Crippen LogP contribution in [-0.2, 0) is 32.6 Å². The number of rotatable bonds is 13. The van der Waals surface area contributed by atoms with Crippen molar-refractivity contribution in [3.05, 3.63) is 101 Å². The van der Waals surface area contributed by atoms with Crippen molar-refractivity contribution in [3.63, 3.8) is 0 Å². The lowest BCUT2D eigenvalue weighted by Gasteiger charge is -2.34. The first-order valence-electron chi connectivity index (χ1n) is 13.3. The van der Waals surface area contributed by atoms with Crippen LogP contribution in [0, 0.1) is 13.8 Å². The Kier molecular flexibility index (Phi) is 10.7. The first kappa shape index (κ1) is 29.9. The molecular weight excluding hydrogens is 510 g/mol. The quantitative estimate of drug-likeness (QED) is 0.315. The molecule has 1 unspecified atom stereocenters. The van der Waals surface area contributed by atoms with E-state index in [2.05, 4.69) is 5.32 Å². The van der Waals surface area contributed by atoms with Crippen LogP contribution in [0.25, 0.3) is 0 Å². The number of hydrogen-bond donors (Lipinski definition) is 1. The molecule has 39 heavy (non-hydrogen) atoms. The zero-order chi connectivity index (χ0) is 28.4. The molecule has 0 aromatic heterocycles. The molecule has 0 saturated carbocycles. The van der Waals surface area contributed by atoms with Crippen molar-refractivity contribution >= 4 is 27.5 Å². The molecule has 0 aliphatic carbocycles. The molecule has 0 fully saturated rings. The van der Waals surface area contributed by atoms with E-state index < -0.39 is 28.5 Å². The summed E-state index contributed by atoms with van der Waals surface area (Å²) in [6.45, 7) is 6.06. The number of nitrogens with one attached hydrogen (secondary N) is 1. The van der Waals surface area contributed by atoms with Crippen LogP contribution in [0.3, 0.4) is 0 Å². The van der Waals surface area contributed by atoms with Crippen LogP contribution in [0.2, 0.25) is 0 Å². The van der Waals surface area contributed by atoms with Gasteiger partial charge in [-0.15, -0.1) is 0 Å². The first-order valence-corrected chi connectivity index (χ1v) is 15.1. The number of carbonyl (C=O) groups excluding carboxylic acids is 2. The number of unbranched alkanes of at least 4 members (excludes halogenated alkanes) is 1. The second-order valence-corrected chi connectivity index (χ2v) is 11.8. The fourth-order valence-electron chi connectivity index (χ4n) is 4.52. The lowest BCUT2D eigenvalue weighted by Crippen LogP contribution is -2.53. The molecule has 8 heteroatoms. The maximum atomic E-state index is 14.1. The van der Waals surface area contributed by atoms with Gasteiger partial charge in [0, 0.05) is 19.5 Å². The molecular formula is C31H39N3O4S. The molecule has 0 spiro atoms. The lowest BCUT2D eigenvalue weighted by molar-refractivity contribution is -0.140. The van der Waals surface area contributed by atoms with Crippen LogP contribution < -0.4 is 9.62 Å². The molecule has 2 amide bonds. The van der Waals surface area contributed by atoms with Crippen LogP contribution in [0.15, 0.2) is 78.9 Å². The number of carbonyl (C=O) groups is 2. The Morgan fingerprint density at radius 2 is 1.51 bits per heavy atom. The van der Waals surface area contributed by atoms with Crippen molar-refractivity contribution in [1.29, 1.82) is 0 Å². The summed E-state index contributed by atoms with van der Waals surface area (Å²) in [5.41, 5.74) is 3.95. The number of hydrogen-bond acceptors (Lipinski definition) is 4. The van der Waals surface area contributed by atoms with Crippen molar-refractivity contribution in [2.75, 3.05) is 23.7 Å². The van der Waals surface area contributed by atoms with E-state index in [-0.39, 0.29) is 12.5 Å². The molecule has 0 aliphatic heterocycles. The molecule has 0 aliphatic rings. The van der Waals surface area contributed by atoms with E-state index in [1.807, 2.05) is 93.6 Å². The Morgan fingerprint density at radius 3 is 2.08 bits per heavy atom. The van der Waals surface area contributed by atoms with Crippen molar-refractivity contribution in [2.24, 2.45) is 0 Å². The van der Waals surface area contributed by atoms with Gasteiger partial charge in [0.1, 0.15) is 12.6 Å². The number of anilines is 1. The molecule has 0 bridgehead atoms. The lowest BCUT2D eigenvalue weighted by atomic mass is 10.0. The van der Waals surface area contributed by atoms with Gasteiger partial charge < -0.3 is 10.2 Å². The van der Waals surface area contributed by atoms with Crippen LogP contribution in [0.1, 0.15) is 42.0 Å². The second-order valence-electron chi connectivity index (χ2n) is 9.92. The van der Waals surface area contributed by atoms with Crippen molar-refractivity contribution < 1.29 is 18.0 Å². The monoisotopic (exact) mass is 549 g/mol. The third-order valence-corrected chi connectivity index (χ3v) is 7.72. The number of sulfonamides is 1. The third kappa shape index (κ3) is 8.68. The highest BCUT2D eigenvalue weighted by Gasteiger charge is 2.33. The highest BCUT2D eigenvalue weighted by atomic mass is 32.2. The Morgan fingerprint density at radius 1 is 0.897 bits per heavy atom. The Labute approximate surface area is 232 Å². The molecule has 208 valence electrons. The minimum absolute atomic E-state index is 0.169. The average molecular weight is 550 g/mol. The molecule has 3 aromatic carbocycles. The summed E-state index contributed by atoms with van der Waals surface area (Å²) in [4.78, 5) is 29.1. The van der Waals surface area contributed by atoms with Gasteiger partial charge >= 0.3 is 0 Å². The van der Waals surface area contributed by atoms with Crippen molar-refractivity contribution in [2.45, 2.75) is 52.6 Å². The molecule has 0 saturated heterocycles. The van der Waals surface area contributed by atoms with Gasteiger partial charge in [-0.3, -0.25) is 13.9 Å². The standard InChI is InChI=1S/C31H39N3O4S/c1-5-6-19-32-31(36)29(21-26-13-9-7-10-14-26)33(22-27-15-11-8-12-16-27)30(35)23-34(39(4,37)38)28-18-17-24(2)20-25(28)3/h7-18,20,29H,5-6,19,21-23H2,1-4H3,(H,32,36). The van der Waals surface area contributed by atoms with Gasteiger partial charge in [-0.1, -0.05) is 91.7 Å². The molecule has 0 radical (unpaired) electrons. The number of nitrogens with zero attached hydrogens (tertiary/aromatic N) is 2. The predicted octanol–water partition coefficient (Wildman–Crippen LogP) is 4.63. The smallest absolute Gasteiger partial charge is 0.244 e.